The average Bonchev–Trinajstić information content (AvgIpc) is 2.29. The largest absolute Gasteiger partial charge is 0.486 e. The van der Waals surface area contributed by atoms with Crippen molar-refractivity contribution >= 4 is 0 Å². The Balaban J connectivity index is 2.09. The van der Waals surface area contributed by atoms with Crippen LogP contribution in [0.3, 0.4) is 0 Å². The fourth-order valence-corrected chi connectivity index (χ4v) is 1.51. The Kier molecular flexibility index (Phi) is 2.79. The quantitative estimate of drug-likeness (QED) is 0.734. The van der Waals surface area contributed by atoms with E-state index in [9.17, 15) is 0 Å². The number of terminal acetylenes is 1. The molecule has 0 spiro atoms. The van der Waals surface area contributed by atoms with Crippen molar-refractivity contribution in [1.82, 2.24) is 0 Å². The molecule has 0 fully saturated rings. The summed E-state index contributed by atoms with van der Waals surface area (Å²) in [6, 6.07) is 7.37. The van der Waals surface area contributed by atoms with Gasteiger partial charge in [-0.3, -0.25) is 0 Å². The zero-order valence-corrected chi connectivity index (χ0v) is 8.35. The Hall–Kier alpha value is -1.66. The van der Waals surface area contributed by atoms with E-state index in [1.165, 1.54) is 0 Å². The lowest BCUT2D eigenvalue weighted by Gasteiger charge is -2.29. The second-order valence-corrected chi connectivity index (χ2v) is 3.49. The van der Waals surface area contributed by atoms with Crippen LogP contribution in [0, 0.1) is 12.3 Å². The maximum atomic E-state index is 5.87. The molecule has 0 bridgehead atoms. The standard InChI is InChI=1S/C12H13NO2/c1-2-5-9(13)12-8-14-10-6-3-4-7-11(10)15-12/h1,3-4,6-7,9,12H,5,8,13H2. The van der Waals surface area contributed by atoms with Crippen LogP contribution in [-0.4, -0.2) is 18.8 Å². The lowest BCUT2D eigenvalue weighted by atomic mass is 10.1. The van der Waals surface area contributed by atoms with Gasteiger partial charge in [-0.15, -0.1) is 12.3 Å². The molecule has 0 saturated heterocycles. The third-order valence-electron chi connectivity index (χ3n) is 2.36. The number of nitrogens with two attached hydrogens (primary N) is 1. The molecule has 1 aliphatic heterocycles. The molecule has 2 unspecified atom stereocenters. The van der Waals surface area contributed by atoms with Gasteiger partial charge in [-0.1, -0.05) is 12.1 Å². The number of hydrogen-bond acceptors (Lipinski definition) is 3. The van der Waals surface area contributed by atoms with Crippen molar-refractivity contribution < 1.29 is 9.47 Å². The average molecular weight is 203 g/mol. The lowest BCUT2D eigenvalue weighted by molar-refractivity contribution is 0.0734. The number of rotatable bonds is 2. The van der Waals surface area contributed by atoms with E-state index in [-0.39, 0.29) is 12.1 Å². The smallest absolute Gasteiger partial charge is 0.161 e. The second kappa shape index (κ2) is 4.24. The van der Waals surface area contributed by atoms with Gasteiger partial charge in [0.25, 0.3) is 0 Å². The van der Waals surface area contributed by atoms with Crippen molar-refractivity contribution in [2.75, 3.05) is 6.61 Å². The first-order valence-electron chi connectivity index (χ1n) is 4.89. The summed E-state index contributed by atoms with van der Waals surface area (Å²) in [6.45, 7) is 0.458. The predicted molar refractivity (Wildman–Crippen MR) is 57.8 cm³/mol. The normalized spacial score (nSPS) is 20.4. The van der Waals surface area contributed by atoms with Crippen molar-refractivity contribution in [3.8, 4) is 23.8 Å². The van der Waals surface area contributed by atoms with Crippen LogP contribution in [0.1, 0.15) is 6.42 Å². The number of ether oxygens (including phenoxy) is 2. The maximum absolute atomic E-state index is 5.87. The second-order valence-electron chi connectivity index (χ2n) is 3.49. The minimum Gasteiger partial charge on any atom is -0.486 e. The molecule has 2 N–H and O–H groups in total. The highest BCUT2D eigenvalue weighted by Gasteiger charge is 2.25. The van der Waals surface area contributed by atoms with Gasteiger partial charge >= 0.3 is 0 Å². The zero-order valence-electron chi connectivity index (χ0n) is 8.35. The third kappa shape index (κ3) is 2.05. The van der Waals surface area contributed by atoms with E-state index in [0.29, 0.717) is 13.0 Å². The topological polar surface area (TPSA) is 44.5 Å². The monoisotopic (exact) mass is 203 g/mol. The van der Waals surface area contributed by atoms with Crippen LogP contribution in [-0.2, 0) is 0 Å². The Bertz CT molecular complexity index is 383. The highest BCUT2D eigenvalue weighted by molar-refractivity contribution is 5.40. The van der Waals surface area contributed by atoms with Gasteiger partial charge in [-0.2, -0.15) is 0 Å². The van der Waals surface area contributed by atoms with Gasteiger partial charge in [-0.05, 0) is 12.1 Å². The van der Waals surface area contributed by atoms with Crippen LogP contribution in [0.2, 0.25) is 0 Å². The molecule has 0 aliphatic carbocycles. The lowest BCUT2D eigenvalue weighted by Crippen LogP contribution is -2.44. The van der Waals surface area contributed by atoms with Crippen molar-refractivity contribution in [3.63, 3.8) is 0 Å². The molecular weight excluding hydrogens is 190 g/mol. The summed E-state index contributed by atoms with van der Waals surface area (Å²) in [5.41, 5.74) is 5.87. The van der Waals surface area contributed by atoms with E-state index in [1.54, 1.807) is 0 Å². The Morgan fingerprint density at radius 3 is 2.93 bits per heavy atom. The molecule has 3 heteroatoms. The summed E-state index contributed by atoms with van der Waals surface area (Å²) in [4.78, 5) is 0. The molecule has 78 valence electrons. The number of para-hydroxylation sites is 2. The fraction of sp³-hybridized carbons (Fsp3) is 0.333. The highest BCUT2D eigenvalue weighted by Crippen LogP contribution is 2.31. The van der Waals surface area contributed by atoms with Crippen LogP contribution in [0.5, 0.6) is 11.5 Å². The van der Waals surface area contributed by atoms with Gasteiger partial charge in [-0.25, -0.2) is 0 Å². The van der Waals surface area contributed by atoms with Crippen molar-refractivity contribution in [3.05, 3.63) is 24.3 Å². The predicted octanol–water partition coefficient (Wildman–Crippen LogP) is 1.18. The van der Waals surface area contributed by atoms with Crippen LogP contribution in [0.4, 0.5) is 0 Å². The van der Waals surface area contributed by atoms with Gasteiger partial charge in [0.05, 0.1) is 6.04 Å². The highest BCUT2D eigenvalue weighted by atomic mass is 16.6. The molecule has 2 rings (SSSR count). The molecule has 1 aromatic carbocycles. The maximum Gasteiger partial charge on any atom is 0.161 e. The van der Waals surface area contributed by atoms with Crippen molar-refractivity contribution in [2.24, 2.45) is 5.73 Å². The van der Waals surface area contributed by atoms with Crippen LogP contribution in [0.15, 0.2) is 24.3 Å². The molecule has 1 heterocycles. The first kappa shape index (κ1) is 9.88. The van der Waals surface area contributed by atoms with Gasteiger partial charge in [0.1, 0.15) is 12.7 Å². The Labute approximate surface area is 89.2 Å². The third-order valence-corrected chi connectivity index (χ3v) is 2.36. The van der Waals surface area contributed by atoms with Crippen LogP contribution >= 0.6 is 0 Å². The minimum absolute atomic E-state index is 0.157. The summed E-state index contributed by atoms with van der Waals surface area (Å²) >= 11 is 0. The van der Waals surface area contributed by atoms with E-state index in [2.05, 4.69) is 5.92 Å². The summed E-state index contributed by atoms with van der Waals surface area (Å²) in [6.07, 6.45) is 5.54. The first-order chi connectivity index (χ1) is 7.31. The molecule has 0 radical (unpaired) electrons. The fourth-order valence-electron chi connectivity index (χ4n) is 1.51. The molecule has 1 aromatic rings. The number of benzene rings is 1. The Morgan fingerprint density at radius 1 is 1.47 bits per heavy atom. The van der Waals surface area contributed by atoms with E-state index < -0.39 is 0 Å². The van der Waals surface area contributed by atoms with E-state index >= 15 is 0 Å². The summed E-state index contributed by atoms with van der Waals surface area (Å²) in [5, 5.41) is 0. The SMILES string of the molecule is C#CCC(N)C1COc2ccccc2O1. The summed E-state index contributed by atoms with van der Waals surface area (Å²) in [7, 11) is 0. The molecule has 1 aliphatic rings. The molecule has 0 amide bonds. The summed E-state index contributed by atoms with van der Waals surface area (Å²) in [5.74, 6) is 4.03. The molecule has 0 aromatic heterocycles. The Morgan fingerprint density at radius 2 is 2.20 bits per heavy atom. The van der Waals surface area contributed by atoms with Gasteiger partial charge in [0.15, 0.2) is 11.5 Å². The van der Waals surface area contributed by atoms with E-state index in [1.807, 2.05) is 24.3 Å². The first-order valence-corrected chi connectivity index (χ1v) is 4.89. The van der Waals surface area contributed by atoms with Crippen molar-refractivity contribution in [1.29, 1.82) is 0 Å². The molecule has 2 atom stereocenters. The van der Waals surface area contributed by atoms with Gasteiger partial charge in [0, 0.05) is 6.42 Å². The molecular formula is C12H13NO2. The van der Waals surface area contributed by atoms with Crippen LogP contribution < -0.4 is 15.2 Å². The van der Waals surface area contributed by atoms with E-state index in [0.717, 1.165) is 11.5 Å². The molecule has 3 nitrogen and oxygen atoms in total. The van der Waals surface area contributed by atoms with Gasteiger partial charge in [0.2, 0.25) is 0 Å². The van der Waals surface area contributed by atoms with Crippen molar-refractivity contribution in [2.45, 2.75) is 18.6 Å². The number of fused-ring (bicyclic) bond motifs is 1. The number of hydrogen-bond donors (Lipinski definition) is 1. The van der Waals surface area contributed by atoms with E-state index in [4.69, 9.17) is 21.6 Å². The van der Waals surface area contributed by atoms with Gasteiger partial charge < -0.3 is 15.2 Å². The van der Waals surface area contributed by atoms with Crippen LogP contribution in [0.25, 0.3) is 0 Å². The minimum atomic E-state index is -0.177. The summed E-state index contributed by atoms with van der Waals surface area (Å²) < 4.78 is 11.2. The molecule has 0 saturated carbocycles. The molecule has 15 heavy (non-hydrogen) atoms. The zero-order chi connectivity index (χ0) is 10.7.